The molecule has 0 heterocycles. The van der Waals surface area contributed by atoms with Crippen molar-refractivity contribution < 1.29 is 19.8 Å². The number of carbonyl (C=O) groups is 2. The molecule has 4 fully saturated rings. The number of allylic oxidation sites excluding steroid dienone is 6. The number of rotatable bonds is 7. The van der Waals surface area contributed by atoms with Gasteiger partial charge < -0.3 is 10.2 Å². The van der Waals surface area contributed by atoms with Crippen LogP contribution in [0, 0.1) is 22.2 Å². The summed E-state index contributed by atoms with van der Waals surface area (Å²) in [5.74, 6) is -0.768. The summed E-state index contributed by atoms with van der Waals surface area (Å²) in [7, 11) is 0. The highest BCUT2D eigenvalue weighted by molar-refractivity contribution is 6.24. The Balaban J connectivity index is 2.10. The first kappa shape index (κ1) is 27.3. The number of aliphatic hydroxyl groups is 2. The van der Waals surface area contributed by atoms with Crippen LogP contribution in [-0.4, -0.2) is 27.4 Å². The maximum atomic E-state index is 14.7. The van der Waals surface area contributed by atoms with Crippen LogP contribution >= 0.6 is 0 Å². The number of fused-ring (bicyclic) bond motifs is 1. The van der Waals surface area contributed by atoms with Crippen LogP contribution in [0.15, 0.2) is 70.9 Å². The summed E-state index contributed by atoms with van der Waals surface area (Å²) in [5.41, 5.74) is -1.21. The summed E-state index contributed by atoms with van der Waals surface area (Å²) < 4.78 is 0. The van der Waals surface area contributed by atoms with E-state index in [0.717, 1.165) is 17.6 Å². The largest absolute Gasteiger partial charge is 0.507 e. The van der Waals surface area contributed by atoms with Crippen molar-refractivity contribution in [3.8, 4) is 0 Å². The average Bonchev–Trinajstić information content (AvgIpc) is 2.98. The fourth-order valence-electron chi connectivity index (χ4n) is 7.52. The molecule has 4 saturated carbocycles. The predicted molar refractivity (Wildman–Crippen MR) is 149 cm³/mol. The molecule has 5 atom stereocenters. The molecule has 1 unspecified atom stereocenters. The van der Waals surface area contributed by atoms with Crippen LogP contribution in [0.2, 0.25) is 0 Å². The fourth-order valence-corrected chi connectivity index (χ4v) is 7.52. The van der Waals surface area contributed by atoms with Gasteiger partial charge in [0.2, 0.25) is 0 Å². The standard InChI is InChI=1S/C33H42O4/c1-21(2)13-14-25-19-32(18-16-23(5)6)29(36)31(17-15-22(3)4)20-30(25,7)33(32,37)26(28(31)35)27(34)24-11-9-8-10-12-24/h8-13,15-16,25,34,37H,14,17-20H2,1-7H3/b27-26+/t25-,30+,31?,32+,33-/m1/s1. The van der Waals surface area contributed by atoms with Crippen LogP contribution in [0.3, 0.4) is 0 Å². The number of ketones is 2. The Morgan fingerprint density at radius 3 is 2.05 bits per heavy atom. The molecule has 0 radical (unpaired) electrons. The number of carbonyl (C=O) groups excluding carboxylic acids is 2. The molecule has 4 aliphatic rings. The SMILES string of the molecule is CC(C)=CC[C@@H]1C[C@@]2(CC=C(C)C)C(=O)C3(CC=C(C)C)C[C@]1(C)[C@]2(O)/C(=C(/O)c1ccccc1)C3=O. The number of benzene rings is 1. The Kier molecular flexibility index (Phi) is 6.82. The van der Waals surface area contributed by atoms with Gasteiger partial charge in [0.1, 0.15) is 11.4 Å². The quantitative estimate of drug-likeness (QED) is 0.177. The molecule has 4 heteroatoms. The van der Waals surface area contributed by atoms with Crippen LogP contribution in [0.4, 0.5) is 0 Å². The van der Waals surface area contributed by atoms with Crippen molar-refractivity contribution in [3.63, 3.8) is 0 Å². The molecular weight excluding hydrogens is 460 g/mol. The molecule has 4 nitrogen and oxygen atoms in total. The highest BCUT2D eigenvalue weighted by Crippen LogP contribution is 2.78. The van der Waals surface area contributed by atoms with Gasteiger partial charge in [0.05, 0.1) is 16.4 Å². The maximum Gasteiger partial charge on any atom is 0.179 e. The smallest absolute Gasteiger partial charge is 0.179 e. The van der Waals surface area contributed by atoms with Gasteiger partial charge in [-0.25, -0.2) is 0 Å². The molecule has 0 aliphatic heterocycles. The minimum atomic E-state index is -1.77. The van der Waals surface area contributed by atoms with Crippen LogP contribution < -0.4 is 0 Å². The van der Waals surface area contributed by atoms with E-state index in [0.29, 0.717) is 24.8 Å². The lowest BCUT2D eigenvalue weighted by Gasteiger charge is -2.63. The van der Waals surface area contributed by atoms with Crippen LogP contribution in [0.25, 0.3) is 5.76 Å². The van der Waals surface area contributed by atoms with Crippen molar-refractivity contribution >= 4 is 17.3 Å². The van der Waals surface area contributed by atoms with E-state index >= 15 is 0 Å². The number of Topliss-reactive ketones (excluding diaryl/α,β-unsaturated/α-hetero) is 2. The summed E-state index contributed by atoms with van der Waals surface area (Å²) in [6.45, 7) is 14.1. The van der Waals surface area contributed by atoms with E-state index in [1.807, 2.05) is 45.9 Å². The van der Waals surface area contributed by atoms with Crippen molar-refractivity contribution in [2.45, 2.75) is 86.2 Å². The minimum absolute atomic E-state index is 0.0119. The lowest BCUT2D eigenvalue weighted by molar-refractivity contribution is -0.199. The van der Waals surface area contributed by atoms with Crippen molar-refractivity contribution in [2.24, 2.45) is 22.2 Å². The third-order valence-corrected chi connectivity index (χ3v) is 9.39. The van der Waals surface area contributed by atoms with Gasteiger partial charge in [-0.1, -0.05) is 72.2 Å². The third-order valence-electron chi connectivity index (χ3n) is 9.39. The van der Waals surface area contributed by atoms with E-state index in [-0.39, 0.29) is 29.5 Å². The monoisotopic (exact) mass is 502 g/mol. The topological polar surface area (TPSA) is 74.6 Å². The van der Waals surface area contributed by atoms with Crippen molar-refractivity contribution in [1.82, 2.24) is 0 Å². The normalized spacial score (nSPS) is 35.3. The molecule has 198 valence electrons. The highest BCUT2D eigenvalue weighted by Gasteiger charge is 2.85. The van der Waals surface area contributed by atoms with Gasteiger partial charge in [-0.2, -0.15) is 0 Å². The summed E-state index contributed by atoms with van der Waals surface area (Å²) >= 11 is 0. The second kappa shape index (κ2) is 9.23. The Morgan fingerprint density at radius 2 is 1.49 bits per heavy atom. The molecule has 0 amide bonds. The number of hydrogen-bond donors (Lipinski definition) is 2. The van der Waals surface area contributed by atoms with Crippen molar-refractivity contribution in [2.75, 3.05) is 0 Å². The number of hydrogen-bond acceptors (Lipinski definition) is 4. The van der Waals surface area contributed by atoms with Gasteiger partial charge in [0.15, 0.2) is 11.6 Å². The molecule has 2 N–H and O–H groups in total. The van der Waals surface area contributed by atoms with Crippen LogP contribution in [0.1, 0.15) is 86.1 Å². The molecule has 4 bridgehead atoms. The zero-order valence-electron chi connectivity index (χ0n) is 23.4. The zero-order valence-corrected chi connectivity index (χ0v) is 23.4. The summed E-state index contributed by atoms with van der Waals surface area (Å²) in [6.07, 6.45) is 8.32. The van der Waals surface area contributed by atoms with E-state index in [9.17, 15) is 19.8 Å². The Morgan fingerprint density at radius 1 is 0.919 bits per heavy atom. The molecule has 1 aromatic rings. The number of aliphatic hydroxyl groups excluding tert-OH is 1. The summed E-state index contributed by atoms with van der Waals surface area (Å²) in [4.78, 5) is 29.1. The Hall–Kier alpha value is -2.72. The highest BCUT2D eigenvalue weighted by atomic mass is 16.3. The lowest BCUT2D eigenvalue weighted by atomic mass is 9.38. The second-order valence-corrected chi connectivity index (χ2v) is 12.6. The lowest BCUT2D eigenvalue weighted by Crippen LogP contribution is -2.74. The molecule has 0 spiro atoms. The van der Waals surface area contributed by atoms with Gasteiger partial charge in [-0.3, -0.25) is 9.59 Å². The average molecular weight is 503 g/mol. The van der Waals surface area contributed by atoms with Gasteiger partial charge in [0.25, 0.3) is 0 Å². The van der Waals surface area contributed by atoms with Crippen LogP contribution in [-0.2, 0) is 9.59 Å². The molecule has 5 rings (SSSR count). The molecule has 4 aliphatic carbocycles. The third kappa shape index (κ3) is 3.74. The Labute approximate surface area is 221 Å². The summed E-state index contributed by atoms with van der Waals surface area (Å²) in [5, 5.41) is 24.7. The first-order valence-corrected chi connectivity index (χ1v) is 13.5. The van der Waals surface area contributed by atoms with Gasteiger partial charge >= 0.3 is 0 Å². The molecular formula is C33H42O4. The second-order valence-electron chi connectivity index (χ2n) is 12.6. The van der Waals surface area contributed by atoms with Gasteiger partial charge in [-0.05, 0) is 79.6 Å². The first-order chi connectivity index (χ1) is 17.3. The predicted octanol–water partition coefficient (Wildman–Crippen LogP) is 7.31. The van der Waals surface area contributed by atoms with Crippen molar-refractivity contribution in [3.05, 3.63) is 76.4 Å². The zero-order chi connectivity index (χ0) is 27.4. The Bertz CT molecular complexity index is 1240. The minimum Gasteiger partial charge on any atom is -0.507 e. The van der Waals surface area contributed by atoms with E-state index in [4.69, 9.17) is 0 Å². The molecule has 37 heavy (non-hydrogen) atoms. The van der Waals surface area contributed by atoms with Gasteiger partial charge in [-0.15, -0.1) is 0 Å². The van der Waals surface area contributed by atoms with E-state index in [1.54, 1.807) is 24.3 Å². The summed E-state index contributed by atoms with van der Waals surface area (Å²) in [6, 6.07) is 8.96. The van der Waals surface area contributed by atoms with Gasteiger partial charge in [0, 0.05) is 11.0 Å². The van der Waals surface area contributed by atoms with E-state index in [1.165, 1.54) is 5.57 Å². The van der Waals surface area contributed by atoms with Crippen molar-refractivity contribution in [1.29, 1.82) is 0 Å². The molecule has 0 saturated heterocycles. The van der Waals surface area contributed by atoms with E-state index < -0.39 is 27.6 Å². The van der Waals surface area contributed by atoms with E-state index in [2.05, 4.69) is 26.8 Å². The first-order valence-electron chi connectivity index (χ1n) is 13.5. The molecule has 0 aromatic heterocycles. The van der Waals surface area contributed by atoms with Crippen LogP contribution in [0.5, 0.6) is 0 Å². The molecule has 1 aromatic carbocycles. The maximum absolute atomic E-state index is 14.7. The fraction of sp³-hybridized carbons (Fsp3) is 0.515.